The first-order chi connectivity index (χ1) is 7.08. The van der Waals surface area contributed by atoms with Crippen molar-refractivity contribution in [2.75, 3.05) is 0 Å². The number of unbranched alkanes of at least 4 members (excludes halogenated alkanes) is 3. The van der Waals surface area contributed by atoms with E-state index in [4.69, 9.17) is 34.8 Å². The third kappa shape index (κ3) is 6.98. The highest BCUT2D eigenvalue weighted by Gasteiger charge is 2.17. The molecule has 0 saturated carbocycles. The van der Waals surface area contributed by atoms with E-state index in [-0.39, 0.29) is 0 Å². The molecule has 0 N–H and O–H groups in total. The monoisotopic (exact) mass is 269 g/mol. The molecule has 1 heterocycles. The molecule has 1 rings (SSSR count). The third-order valence-corrected chi connectivity index (χ3v) is 2.63. The Morgan fingerprint density at radius 2 is 1.80 bits per heavy atom. The number of aromatic nitrogens is 3. The molecule has 0 aliphatic heterocycles. The van der Waals surface area contributed by atoms with Crippen LogP contribution in [0.3, 0.4) is 0 Å². The molecule has 1 aromatic rings. The van der Waals surface area contributed by atoms with E-state index in [2.05, 4.69) is 10.1 Å². The van der Waals surface area contributed by atoms with Gasteiger partial charge >= 0.3 is 0 Å². The molecule has 0 unspecified atom stereocenters. The Balaban J connectivity index is 1.94. The Kier molecular flexibility index (Phi) is 5.72. The van der Waals surface area contributed by atoms with Crippen LogP contribution in [0.1, 0.15) is 32.1 Å². The van der Waals surface area contributed by atoms with Gasteiger partial charge in [0.25, 0.3) is 0 Å². The minimum Gasteiger partial charge on any atom is -0.253 e. The van der Waals surface area contributed by atoms with E-state index in [1.165, 1.54) is 0 Å². The van der Waals surface area contributed by atoms with E-state index in [0.29, 0.717) is 6.42 Å². The minimum absolute atomic E-state index is 0.626. The molecule has 86 valence electrons. The number of nitrogens with zero attached hydrogens (tertiary/aromatic N) is 3. The second-order valence-electron chi connectivity index (χ2n) is 3.44. The highest BCUT2D eigenvalue weighted by Crippen LogP contribution is 2.32. The van der Waals surface area contributed by atoms with Gasteiger partial charge in [-0.1, -0.05) is 47.6 Å². The Bertz CT molecular complexity index is 256. The first kappa shape index (κ1) is 13.1. The lowest BCUT2D eigenvalue weighted by Crippen LogP contribution is -2.01. The van der Waals surface area contributed by atoms with Crippen LogP contribution in [0.5, 0.6) is 0 Å². The molecule has 3 nitrogen and oxygen atoms in total. The lowest BCUT2D eigenvalue weighted by atomic mass is 10.1. The first-order valence-corrected chi connectivity index (χ1v) is 6.10. The summed E-state index contributed by atoms with van der Waals surface area (Å²) < 4.78 is 0.737. The maximum Gasteiger partial charge on any atom is 0.190 e. The minimum atomic E-state index is -1.09. The summed E-state index contributed by atoms with van der Waals surface area (Å²) in [6.07, 6.45) is 8.14. The standard InChI is InChI=1S/C9H14Cl3N3/c10-9(11,12)5-3-1-2-4-6-15-8-13-7-14-15/h7-8H,1-6H2. The molecule has 0 saturated heterocycles. The van der Waals surface area contributed by atoms with Gasteiger partial charge in [-0.25, -0.2) is 4.98 Å². The lowest BCUT2D eigenvalue weighted by molar-refractivity contribution is 0.529. The smallest absolute Gasteiger partial charge is 0.190 e. The van der Waals surface area contributed by atoms with Crippen molar-refractivity contribution in [1.82, 2.24) is 14.8 Å². The van der Waals surface area contributed by atoms with E-state index < -0.39 is 3.79 Å². The second-order valence-corrected chi connectivity index (χ2v) is 5.95. The number of halogens is 3. The summed E-state index contributed by atoms with van der Waals surface area (Å²) in [5.74, 6) is 0. The SMILES string of the molecule is ClC(Cl)(Cl)CCCCCCn1cncn1. The second kappa shape index (κ2) is 6.56. The molecule has 0 spiro atoms. The van der Waals surface area contributed by atoms with Gasteiger partial charge in [0.05, 0.1) is 0 Å². The molecule has 0 radical (unpaired) electrons. The third-order valence-electron chi connectivity index (χ3n) is 2.06. The maximum absolute atomic E-state index is 5.64. The zero-order valence-electron chi connectivity index (χ0n) is 8.37. The van der Waals surface area contributed by atoms with Crippen LogP contribution < -0.4 is 0 Å². The number of aryl methyl sites for hydroxylation is 1. The van der Waals surface area contributed by atoms with Crippen molar-refractivity contribution in [2.45, 2.75) is 42.4 Å². The van der Waals surface area contributed by atoms with Gasteiger partial charge in [-0.3, -0.25) is 4.68 Å². The van der Waals surface area contributed by atoms with E-state index in [0.717, 1.165) is 32.2 Å². The highest BCUT2D eigenvalue weighted by molar-refractivity contribution is 6.67. The number of hydrogen-bond donors (Lipinski definition) is 0. The summed E-state index contributed by atoms with van der Waals surface area (Å²) >= 11 is 16.9. The molecule has 0 atom stereocenters. The van der Waals surface area contributed by atoms with Crippen LogP contribution in [0.4, 0.5) is 0 Å². The van der Waals surface area contributed by atoms with Crippen molar-refractivity contribution in [3.63, 3.8) is 0 Å². The van der Waals surface area contributed by atoms with Crippen LogP contribution in [0, 0.1) is 0 Å². The van der Waals surface area contributed by atoms with Crippen molar-refractivity contribution in [1.29, 1.82) is 0 Å². The largest absolute Gasteiger partial charge is 0.253 e. The summed E-state index contributed by atoms with van der Waals surface area (Å²) in [7, 11) is 0. The van der Waals surface area contributed by atoms with Gasteiger partial charge in [-0.05, 0) is 19.3 Å². The molecule has 0 aromatic carbocycles. The first-order valence-electron chi connectivity index (χ1n) is 4.97. The Morgan fingerprint density at radius 3 is 2.40 bits per heavy atom. The molecule has 6 heteroatoms. The van der Waals surface area contributed by atoms with Gasteiger partial charge in [0.1, 0.15) is 12.7 Å². The van der Waals surface area contributed by atoms with Crippen molar-refractivity contribution in [2.24, 2.45) is 0 Å². The number of alkyl halides is 3. The van der Waals surface area contributed by atoms with Gasteiger partial charge in [0.15, 0.2) is 3.79 Å². The van der Waals surface area contributed by atoms with Crippen LogP contribution in [-0.4, -0.2) is 18.6 Å². The van der Waals surface area contributed by atoms with Gasteiger partial charge in [-0.2, -0.15) is 5.10 Å². The molecular formula is C9H14Cl3N3. The summed E-state index contributed by atoms with van der Waals surface area (Å²) in [5, 5.41) is 4.02. The molecule has 0 bridgehead atoms. The predicted molar refractivity (Wildman–Crippen MR) is 63.4 cm³/mol. The van der Waals surface area contributed by atoms with E-state index in [1.54, 1.807) is 12.7 Å². The summed E-state index contributed by atoms with van der Waals surface area (Å²) in [5.41, 5.74) is 0. The van der Waals surface area contributed by atoms with Gasteiger partial charge < -0.3 is 0 Å². The number of hydrogen-bond acceptors (Lipinski definition) is 2. The van der Waals surface area contributed by atoms with E-state index >= 15 is 0 Å². The van der Waals surface area contributed by atoms with Crippen LogP contribution in [0.2, 0.25) is 0 Å². The molecule has 0 aliphatic carbocycles. The quantitative estimate of drug-likeness (QED) is 0.584. The Hall–Kier alpha value is 0.01000. The summed E-state index contributed by atoms with van der Waals surface area (Å²) in [6, 6.07) is 0. The Labute approximate surface area is 105 Å². The fraction of sp³-hybridized carbons (Fsp3) is 0.778. The van der Waals surface area contributed by atoms with Crippen LogP contribution in [0.15, 0.2) is 12.7 Å². The fourth-order valence-electron chi connectivity index (χ4n) is 1.30. The normalized spacial score (nSPS) is 11.9. The molecule has 0 amide bonds. The predicted octanol–water partition coefficient (Wildman–Crippen LogP) is 3.60. The van der Waals surface area contributed by atoms with E-state index in [1.807, 2.05) is 4.68 Å². The van der Waals surface area contributed by atoms with Crippen molar-refractivity contribution >= 4 is 34.8 Å². The van der Waals surface area contributed by atoms with Crippen molar-refractivity contribution < 1.29 is 0 Å². The zero-order valence-corrected chi connectivity index (χ0v) is 10.6. The van der Waals surface area contributed by atoms with Crippen molar-refractivity contribution in [3.8, 4) is 0 Å². The average molecular weight is 271 g/mol. The summed E-state index contributed by atoms with van der Waals surface area (Å²) in [4.78, 5) is 3.87. The molecule has 1 aromatic heterocycles. The van der Waals surface area contributed by atoms with Gasteiger partial charge in [-0.15, -0.1) is 0 Å². The zero-order chi connectivity index (χ0) is 11.1. The van der Waals surface area contributed by atoms with Crippen LogP contribution in [-0.2, 0) is 6.54 Å². The summed E-state index contributed by atoms with van der Waals surface area (Å²) in [6.45, 7) is 0.910. The lowest BCUT2D eigenvalue weighted by Gasteiger charge is -2.09. The van der Waals surface area contributed by atoms with Crippen LogP contribution >= 0.6 is 34.8 Å². The topological polar surface area (TPSA) is 30.7 Å². The highest BCUT2D eigenvalue weighted by atomic mass is 35.6. The van der Waals surface area contributed by atoms with Gasteiger partial charge in [0.2, 0.25) is 0 Å². The fourth-order valence-corrected chi connectivity index (χ4v) is 1.70. The van der Waals surface area contributed by atoms with Gasteiger partial charge in [0, 0.05) is 6.54 Å². The van der Waals surface area contributed by atoms with E-state index in [9.17, 15) is 0 Å². The van der Waals surface area contributed by atoms with Crippen LogP contribution in [0.25, 0.3) is 0 Å². The number of rotatable bonds is 6. The van der Waals surface area contributed by atoms with Crippen molar-refractivity contribution in [3.05, 3.63) is 12.7 Å². The molecule has 0 aliphatic rings. The molecule has 0 fully saturated rings. The maximum atomic E-state index is 5.64. The Morgan fingerprint density at radius 1 is 1.07 bits per heavy atom. The molecule has 15 heavy (non-hydrogen) atoms. The average Bonchev–Trinajstić information content (AvgIpc) is 2.61. The molecular weight excluding hydrogens is 256 g/mol.